The third-order valence-corrected chi connectivity index (χ3v) is 3.69. The summed E-state index contributed by atoms with van der Waals surface area (Å²) >= 11 is 0. The lowest BCUT2D eigenvalue weighted by atomic mass is 10.1. The Labute approximate surface area is 113 Å². The molecule has 4 heteroatoms. The minimum atomic E-state index is -0.371. The molecule has 1 aliphatic rings. The van der Waals surface area contributed by atoms with E-state index in [0.29, 0.717) is 18.2 Å². The summed E-state index contributed by atoms with van der Waals surface area (Å²) in [5.74, 6) is -0.403. The zero-order valence-electron chi connectivity index (χ0n) is 11.0. The predicted octanol–water partition coefficient (Wildman–Crippen LogP) is 2.25. The number of halogens is 1. The Morgan fingerprint density at radius 2 is 2.32 bits per heavy atom. The largest absolute Gasteiger partial charge is 0.396 e. The van der Waals surface area contributed by atoms with Crippen molar-refractivity contribution in [2.24, 2.45) is 0 Å². The van der Waals surface area contributed by atoms with E-state index >= 15 is 0 Å². The molecular formula is C15H20FNO2. The van der Waals surface area contributed by atoms with Crippen LogP contribution >= 0.6 is 0 Å². The molecule has 1 atom stereocenters. The second kappa shape index (κ2) is 6.78. The molecular weight excluding hydrogens is 245 g/mol. The number of hydrogen-bond donors (Lipinski definition) is 1. The van der Waals surface area contributed by atoms with E-state index < -0.39 is 0 Å². The van der Waals surface area contributed by atoms with Gasteiger partial charge in [-0.25, -0.2) is 4.39 Å². The van der Waals surface area contributed by atoms with Gasteiger partial charge in [0.05, 0.1) is 6.54 Å². The molecule has 1 N–H and O–H groups in total. The maximum Gasteiger partial charge on any atom is 0.176 e. The molecule has 19 heavy (non-hydrogen) atoms. The molecule has 3 nitrogen and oxygen atoms in total. The summed E-state index contributed by atoms with van der Waals surface area (Å²) in [6, 6.07) is 6.24. The van der Waals surface area contributed by atoms with Crippen molar-refractivity contribution in [1.82, 2.24) is 4.90 Å². The fourth-order valence-corrected chi connectivity index (χ4v) is 2.69. The van der Waals surface area contributed by atoms with Crippen LogP contribution in [0.3, 0.4) is 0 Å². The van der Waals surface area contributed by atoms with Crippen LogP contribution in [0, 0.1) is 5.82 Å². The first-order valence-electron chi connectivity index (χ1n) is 6.84. The Morgan fingerprint density at radius 3 is 3.05 bits per heavy atom. The number of nitrogens with zero attached hydrogens (tertiary/aromatic N) is 1. The van der Waals surface area contributed by atoms with Gasteiger partial charge in [-0.3, -0.25) is 9.69 Å². The number of ketones is 1. The van der Waals surface area contributed by atoms with Crippen LogP contribution in [0.25, 0.3) is 0 Å². The standard InChI is InChI=1S/C15H20FNO2/c16-13-5-1-4-12(10-13)15(19)11-17-8-2-6-14(17)7-3-9-18/h1,4-5,10,14,18H,2-3,6-9,11H2. The van der Waals surface area contributed by atoms with Crippen molar-refractivity contribution >= 4 is 5.78 Å². The number of likely N-dealkylation sites (tertiary alicyclic amines) is 1. The number of rotatable bonds is 6. The van der Waals surface area contributed by atoms with Crippen LogP contribution < -0.4 is 0 Å². The summed E-state index contributed by atoms with van der Waals surface area (Å²) in [6.07, 6.45) is 3.87. The lowest BCUT2D eigenvalue weighted by molar-refractivity contribution is 0.0915. The van der Waals surface area contributed by atoms with Crippen molar-refractivity contribution in [2.75, 3.05) is 19.7 Å². The lowest BCUT2D eigenvalue weighted by Gasteiger charge is -2.23. The van der Waals surface area contributed by atoms with E-state index in [1.54, 1.807) is 12.1 Å². The molecule has 1 heterocycles. The van der Waals surface area contributed by atoms with Gasteiger partial charge in [0.15, 0.2) is 5.78 Å². The third-order valence-electron chi connectivity index (χ3n) is 3.69. The number of aliphatic hydroxyl groups is 1. The van der Waals surface area contributed by atoms with E-state index in [0.717, 1.165) is 32.2 Å². The average molecular weight is 265 g/mol. The van der Waals surface area contributed by atoms with Gasteiger partial charge in [0.25, 0.3) is 0 Å². The van der Waals surface area contributed by atoms with Crippen LogP contribution in [0.4, 0.5) is 4.39 Å². The summed E-state index contributed by atoms with van der Waals surface area (Å²) < 4.78 is 13.1. The van der Waals surface area contributed by atoms with Gasteiger partial charge in [-0.2, -0.15) is 0 Å². The Balaban J connectivity index is 1.94. The first-order chi connectivity index (χ1) is 9.20. The number of carbonyl (C=O) groups is 1. The van der Waals surface area contributed by atoms with E-state index in [9.17, 15) is 9.18 Å². The van der Waals surface area contributed by atoms with Gasteiger partial charge in [-0.05, 0) is 44.4 Å². The second-order valence-corrected chi connectivity index (χ2v) is 5.07. The summed E-state index contributed by atoms with van der Waals surface area (Å²) in [4.78, 5) is 14.3. The predicted molar refractivity (Wildman–Crippen MR) is 71.6 cm³/mol. The topological polar surface area (TPSA) is 40.5 Å². The fourth-order valence-electron chi connectivity index (χ4n) is 2.69. The average Bonchev–Trinajstić information content (AvgIpc) is 2.83. The van der Waals surface area contributed by atoms with Crippen LogP contribution in [0.1, 0.15) is 36.0 Å². The Bertz CT molecular complexity index is 436. The van der Waals surface area contributed by atoms with Gasteiger partial charge < -0.3 is 5.11 Å². The maximum atomic E-state index is 13.1. The van der Waals surface area contributed by atoms with Crippen LogP contribution in [0.15, 0.2) is 24.3 Å². The molecule has 2 rings (SSSR count). The number of hydrogen-bond acceptors (Lipinski definition) is 3. The Morgan fingerprint density at radius 1 is 1.47 bits per heavy atom. The highest BCUT2D eigenvalue weighted by molar-refractivity contribution is 5.97. The van der Waals surface area contributed by atoms with Gasteiger partial charge in [0, 0.05) is 18.2 Å². The smallest absolute Gasteiger partial charge is 0.176 e. The Hall–Kier alpha value is -1.26. The molecule has 0 saturated carbocycles. The number of aliphatic hydroxyl groups excluding tert-OH is 1. The fraction of sp³-hybridized carbons (Fsp3) is 0.533. The zero-order valence-corrected chi connectivity index (χ0v) is 11.0. The highest BCUT2D eigenvalue weighted by Crippen LogP contribution is 2.21. The molecule has 1 aromatic carbocycles. The molecule has 1 aliphatic heterocycles. The lowest BCUT2D eigenvalue weighted by Crippen LogP contribution is -2.34. The molecule has 0 spiro atoms. The van der Waals surface area contributed by atoms with E-state index in [-0.39, 0.29) is 18.2 Å². The quantitative estimate of drug-likeness (QED) is 0.802. The summed E-state index contributed by atoms with van der Waals surface area (Å²) in [5.41, 5.74) is 0.438. The summed E-state index contributed by atoms with van der Waals surface area (Å²) in [6.45, 7) is 1.46. The van der Waals surface area contributed by atoms with Crippen LogP contribution in [-0.2, 0) is 0 Å². The van der Waals surface area contributed by atoms with Crippen molar-refractivity contribution < 1.29 is 14.3 Å². The van der Waals surface area contributed by atoms with Gasteiger partial charge >= 0.3 is 0 Å². The van der Waals surface area contributed by atoms with Gasteiger partial charge in [-0.15, -0.1) is 0 Å². The normalized spacial score (nSPS) is 19.8. The van der Waals surface area contributed by atoms with Gasteiger partial charge in [0.1, 0.15) is 5.82 Å². The van der Waals surface area contributed by atoms with Crippen molar-refractivity contribution in [3.63, 3.8) is 0 Å². The first kappa shape index (κ1) is 14.2. The van der Waals surface area contributed by atoms with E-state index in [4.69, 9.17) is 5.11 Å². The first-order valence-corrected chi connectivity index (χ1v) is 6.84. The monoisotopic (exact) mass is 265 g/mol. The molecule has 0 amide bonds. The molecule has 104 valence electrons. The van der Waals surface area contributed by atoms with E-state index in [1.165, 1.54) is 12.1 Å². The van der Waals surface area contributed by atoms with Gasteiger partial charge in [0.2, 0.25) is 0 Å². The molecule has 0 radical (unpaired) electrons. The molecule has 1 aromatic rings. The van der Waals surface area contributed by atoms with E-state index in [1.807, 2.05) is 0 Å². The zero-order chi connectivity index (χ0) is 13.7. The molecule has 0 bridgehead atoms. The molecule has 1 unspecified atom stereocenters. The molecule has 0 aliphatic carbocycles. The number of carbonyl (C=O) groups excluding carboxylic acids is 1. The van der Waals surface area contributed by atoms with Crippen molar-refractivity contribution in [1.29, 1.82) is 0 Å². The van der Waals surface area contributed by atoms with Crippen molar-refractivity contribution in [3.8, 4) is 0 Å². The summed E-state index contributed by atoms with van der Waals surface area (Å²) in [7, 11) is 0. The Kier molecular flexibility index (Phi) is 5.05. The van der Waals surface area contributed by atoms with E-state index in [2.05, 4.69) is 4.90 Å². The van der Waals surface area contributed by atoms with Crippen LogP contribution in [0.2, 0.25) is 0 Å². The van der Waals surface area contributed by atoms with Crippen molar-refractivity contribution in [2.45, 2.75) is 31.7 Å². The molecule has 1 saturated heterocycles. The highest BCUT2D eigenvalue weighted by Gasteiger charge is 2.25. The number of Topliss-reactive ketones (excluding diaryl/α,β-unsaturated/α-hetero) is 1. The van der Waals surface area contributed by atoms with Crippen molar-refractivity contribution in [3.05, 3.63) is 35.6 Å². The number of benzene rings is 1. The molecule has 0 aromatic heterocycles. The van der Waals surface area contributed by atoms with Crippen LogP contribution in [0.5, 0.6) is 0 Å². The third kappa shape index (κ3) is 3.85. The minimum Gasteiger partial charge on any atom is -0.396 e. The van der Waals surface area contributed by atoms with Crippen LogP contribution in [-0.4, -0.2) is 41.5 Å². The molecule has 1 fully saturated rings. The minimum absolute atomic E-state index is 0.0320. The summed E-state index contributed by atoms with van der Waals surface area (Å²) in [5, 5.41) is 8.88. The maximum absolute atomic E-state index is 13.1. The second-order valence-electron chi connectivity index (χ2n) is 5.07. The SMILES string of the molecule is O=C(CN1CCCC1CCCO)c1cccc(F)c1. The highest BCUT2D eigenvalue weighted by atomic mass is 19.1. The van der Waals surface area contributed by atoms with Gasteiger partial charge in [-0.1, -0.05) is 12.1 Å².